The number of nitrogens with one attached hydrogen (secondary N) is 1. The van der Waals surface area contributed by atoms with Gasteiger partial charge in [-0.3, -0.25) is 0 Å². The standard InChI is InChI=1S/C14H16BrF3N2/c15-11-8-12(14(16,17)18)13(20-9-11)19-7-6-10-4-2-1-3-5-10/h4,8-9H,1-3,5-7H2,(H,19,20). The highest BCUT2D eigenvalue weighted by Crippen LogP contribution is 2.35. The zero-order valence-electron chi connectivity index (χ0n) is 10.9. The van der Waals surface area contributed by atoms with Crippen molar-refractivity contribution < 1.29 is 13.2 Å². The van der Waals surface area contributed by atoms with Crippen molar-refractivity contribution in [3.05, 3.63) is 33.9 Å². The van der Waals surface area contributed by atoms with Crippen molar-refractivity contribution in [2.45, 2.75) is 38.3 Å². The molecule has 0 spiro atoms. The van der Waals surface area contributed by atoms with Crippen LogP contribution in [0.1, 0.15) is 37.7 Å². The molecule has 0 aromatic carbocycles. The zero-order chi connectivity index (χ0) is 14.6. The van der Waals surface area contributed by atoms with Crippen LogP contribution >= 0.6 is 15.9 Å². The minimum atomic E-state index is -4.40. The molecule has 1 aliphatic rings. The molecule has 2 nitrogen and oxygen atoms in total. The van der Waals surface area contributed by atoms with Crippen LogP contribution in [0.5, 0.6) is 0 Å². The van der Waals surface area contributed by atoms with Gasteiger partial charge in [-0.25, -0.2) is 4.98 Å². The Labute approximate surface area is 124 Å². The lowest BCUT2D eigenvalue weighted by atomic mass is 9.97. The number of hydrogen-bond acceptors (Lipinski definition) is 2. The van der Waals surface area contributed by atoms with Gasteiger partial charge in [-0.1, -0.05) is 11.6 Å². The van der Waals surface area contributed by atoms with Gasteiger partial charge < -0.3 is 5.32 Å². The van der Waals surface area contributed by atoms with E-state index in [2.05, 4.69) is 32.3 Å². The van der Waals surface area contributed by atoms with Crippen LogP contribution in [0, 0.1) is 0 Å². The number of aromatic nitrogens is 1. The molecule has 1 aromatic rings. The summed E-state index contributed by atoms with van der Waals surface area (Å²) >= 11 is 3.02. The Morgan fingerprint density at radius 1 is 1.30 bits per heavy atom. The Morgan fingerprint density at radius 3 is 2.75 bits per heavy atom. The van der Waals surface area contributed by atoms with Crippen molar-refractivity contribution in [2.24, 2.45) is 0 Å². The highest BCUT2D eigenvalue weighted by atomic mass is 79.9. The second-order valence-electron chi connectivity index (χ2n) is 4.83. The minimum Gasteiger partial charge on any atom is -0.369 e. The minimum absolute atomic E-state index is 0.0999. The molecule has 0 amide bonds. The van der Waals surface area contributed by atoms with Crippen molar-refractivity contribution in [1.29, 1.82) is 0 Å². The Bertz CT molecular complexity index is 498. The number of hydrogen-bond donors (Lipinski definition) is 1. The number of alkyl halides is 3. The van der Waals surface area contributed by atoms with Gasteiger partial charge in [0.05, 0.1) is 5.56 Å². The van der Waals surface area contributed by atoms with Gasteiger partial charge in [-0.15, -0.1) is 0 Å². The van der Waals surface area contributed by atoms with Gasteiger partial charge in [0.25, 0.3) is 0 Å². The monoisotopic (exact) mass is 348 g/mol. The molecule has 2 rings (SSSR count). The molecule has 0 unspecified atom stereocenters. The molecule has 1 aliphatic carbocycles. The fraction of sp³-hybridized carbons (Fsp3) is 0.500. The van der Waals surface area contributed by atoms with Crippen molar-refractivity contribution in [3.8, 4) is 0 Å². The lowest BCUT2D eigenvalue weighted by Crippen LogP contribution is -2.13. The molecule has 110 valence electrons. The molecule has 0 aliphatic heterocycles. The molecule has 20 heavy (non-hydrogen) atoms. The molecular formula is C14H16BrF3N2. The summed E-state index contributed by atoms with van der Waals surface area (Å²) in [6.45, 7) is 0.476. The number of rotatable bonds is 4. The summed E-state index contributed by atoms with van der Waals surface area (Å²) in [5.41, 5.74) is 0.596. The molecule has 1 aromatic heterocycles. The van der Waals surface area contributed by atoms with Gasteiger partial charge in [0.1, 0.15) is 5.82 Å². The molecule has 0 fully saturated rings. The van der Waals surface area contributed by atoms with Crippen molar-refractivity contribution >= 4 is 21.7 Å². The van der Waals surface area contributed by atoms with Crippen molar-refractivity contribution in [1.82, 2.24) is 4.98 Å². The Kier molecular flexibility index (Phi) is 5.07. The van der Waals surface area contributed by atoms with Crippen LogP contribution in [-0.4, -0.2) is 11.5 Å². The number of halogens is 4. The van der Waals surface area contributed by atoms with E-state index < -0.39 is 11.7 Å². The van der Waals surface area contributed by atoms with E-state index in [1.807, 2.05) is 0 Å². The lowest BCUT2D eigenvalue weighted by molar-refractivity contribution is -0.137. The third kappa shape index (κ3) is 4.23. The van der Waals surface area contributed by atoms with Crippen molar-refractivity contribution in [2.75, 3.05) is 11.9 Å². The Hall–Kier alpha value is -1.04. The molecule has 0 saturated carbocycles. The first kappa shape index (κ1) is 15.4. The molecule has 0 bridgehead atoms. The van der Waals surface area contributed by atoms with Gasteiger partial charge >= 0.3 is 6.18 Å². The Morgan fingerprint density at radius 2 is 2.10 bits per heavy atom. The topological polar surface area (TPSA) is 24.9 Å². The number of allylic oxidation sites excluding steroid dienone is 1. The number of nitrogens with zero attached hydrogens (tertiary/aromatic N) is 1. The molecule has 0 atom stereocenters. The fourth-order valence-corrected chi connectivity index (χ4v) is 2.60. The first-order valence-corrected chi connectivity index (χ1v) is 7.40. The Balaban J connectivity index is 2.00. The predicted octanol–water partition coefficient (Wildman–Crippen LogP) is 5.17. The van der Waals surface area contributed by atoms with Gasteiger partial charge in [0.15, 0.2) is 0 Å². The summed E-state index contributed by atoms with van der Waals surface area (Å²) < 4.78 is 39.0. The summed E-state index contributed by atoms with van der Waals surface area (Å²) in [7, 11) is 0. The molecule has 1 N–H and O–H groups in total. The SMILES string of the molecule is FC(F)(F)c1cc(Br)cnc1NCCC1=CCCCC1. The van der Waals surface area contributed by atoms with E-state index in [4.69, 9.17) is 0 Å². The van der Waals surface area contributed by atoms with Crippen LogP contribution in [0.25, 0.3) is 0 Å². The number of pyridine rings is 1. The van der Waals surface area contributed by atoms with Gasteiger partial charge in [-0.05, 0) is 54.1 Å². The molecule has 1 heterocycles. The van der Waals surface area contributed by atoms with Crippen LogP contribution in [0.3, 0.4) is 0 Å². The molecule has 6 heteroatoms. The van der Waals surface area contributed by atoms with E-state index in [-0.39, 0.29) is 5.82 Å². The van der Waals surface area contributed by atoms with Crippen LogP contribution in [0.15, 0.2) is 28.4 Å². The third-order valence-electron chi connectivity index (χ3n) is 3.28. The first-order valence-electron chi connectivity index (χ1n) is 6.61. The van der Waals surface area contributed by atoms with Gasteiger partial charge in [0.2, 0.25) is 0 Å². The predicted molar refractivity (Wildman–Crippen MR) is 76.6 cm³/mol. The fourth-order valence-electron chi connectivity index (χ4n) is 2.27. The van der Waals surface area contributed by atoms with E-state index in [0.717, 1.165) is 25.3 Å². The molecule has 0 radical (unpaired) electrons. The summed E-state index contributed by atoms with van der Waals surface area (Å²) in [5.74, 6) is -0.0999. The smallest absolute Gasteiger partial charge is 0.369 e. The summed E-state index contributed by atoms with van der Waals surface area (Å²) in [6, 6.07) is 1.05. The molecular weight excluding hydrogens is 333 g/mol. The first-order chi connectivity index (χ1) is 9.47. The maximum Gasteiger partial charge on any atom is 0.419 e. The van der Waals surface area contributed by atoms with E-state index in [1.54, 1.807) is 0 Å². The largest absolute Gasteiger partial charge is 0.419 e. The highest BCUT2D eigenvalue weighted by molar-refractivity contribution is 9.10. The quantitative estimate of drug-likeness (QED) is 0.759. The highest BCUT2D eigenvalue weighted by Gasteiger charge is 2.34. The van der Waals surface area contributed by atoms with Crippen LogP contribution < -0.4 is 5.32 Å². The van der Waals surface area contributed by atoms with Gasteiger partial charge in [-0.2, -0.15) is 13.2 Å². The van der Waals surface area contributed by atoms with E-state index in [0.29, 0.717) is 11.0 Å². The van der Waals surface area contributed by atoms with E-state index in [1.165, 1.54) is 24.6 Å². The lowest BCUT2D eigenvalue weighted by Gasteiger charge is -2.16. The van der Waals surface area contributed by atoms with Crippen LogP contribution in [0.4, 0.5) is 19.0 Å². The van der Waals surface area contributed by atoms with Crippen molar-refractivity contribution in [3.63, 3.8) is 0 Å². The van der Waals surface area contributed by atoms with Gasteiger partial charge in [0, 0.05) is 17.2 Å². The average Bonchev–Trinajstić information content (AvgIpc) is 2.40. The van der Waals surface area contributed by atoms with Crippen LogP contribution in [-0.2, 0) is 6.18 Å². The summed E-state index contributed by atoms with van der Waals surface area (Å²) in [5, 5.41) is 2.80. The number of anilines is 1. The molecule has 0 saturated heterocycles. The zero-order valence-corrected chi connectivity index (χ0v) is 12.5. The third-order valence-corrected chi connectivity index (χ3v) is 3.72. The van der Waals surface area contributed by atoms with Crippen LogP contribution in [0.2, 0.25) is 0 Å². The average molecular weight is 349 g/mol. The summed E-state index contributed by atoms with van der Waals surface area (Å²) in [4.78, 5) is 3.83. The second-order valence-corrected chi connectivity index (χ2v) is 5.75. The normalized spacial score (nSPS) is 15.9. The van der Waals surface area contributed by atoms with E-state index >= 15 is 0 Å². The maximum absolute atomic E-state index is 12.9. The second kappa shape index (κ2) is 6.61. The maximum atomic E-state index is 12.9. The van der Waals surface area contributed by atoms with E-state index in [9.17, 15) is 13.2 Å². The summed E-state index contributed by atoms with van der Waals surface area (Å²) in [6.07, 6.45) is 4.47.